The Kier molecular flexibility index (Phi) is 5.16. The number of anilines is 1. The standard InChI is InChI=1S/C21H23FN4O/c22-17-4-7-20-16(12-17)8-11-26(20)15-21(27)24-18-5-6-19(23-13-18)14-25-9-2-1-3-10-25/h4-8,11-13H,1-3,9-10,14-15H2,(H,24,27). The Hall–Kier alpha value is -2.73. The summed E-state index contributed by atoms with van der Waals surface area (Å²) in [6.45, 7) is 3.30. The number of carbonyl (C=O) groups excluding carboxylic acids is 1. The molecule has 1 aliphatic heterocycles. The molecule has 0 atom stereocenters. The van der Waals surface area contributed by atoms with Crippen LogP contribution in [0.2, 0.25) is 0 Å². The Morgan fingerprint density at radius 3 is 2.74 bits per heavy atom. The van der Waals surface area contributed by atoms with Crippen molar-refractivity contribution in [3.63, 3.8) is 0 Å². The number of carbonyl (C=O) groups is 1. The van der Waals surface area contributed by atoms with Gasteiger partial charge in [-0.05, 0) is 62.3 Å². The van der Waals surface area contributed by atoms with Crippen molar-refractivity contribution in [1.29, 1.82) is 0 Å². The number of aromatic nitrogens is 2. The summed E-state index contributed by atoms with van der Waals surface area (Å²) in [5.41, 5.74) is 2.54. The predicted molar refractivity (Wildman–Crippen MR) is 104 cm³/mol. The first kappa shape index (κ1) is 17.7. The van der Waals surface area contributed by atoms with Crippen LogP contribution in [0, 0.1) is 5.82 Å². The van der Waals surface area contributed by atoms with Crippen LogP contribution in [-0.2, 0) is 17.9 Å². The Bertz CT molecular complexity index is 929. The van der Waals surface area contributed by atoms with E-state index in [4.69, 9.17) is 0 Å². The van der Waals surface area contributed by atoms with E-state index in [1.54, 1.807) is 18.5 Å². The first-order chi connectivity index (χ1) is 13.2. The average molecular weight is 366 g/mol. The molecule has 0 bridgehead atoms. The van der Waals surface area contributed by atoms with Crippen molar-refractivity contribution in [2.24, 2.45) is 0 Å². The van der Waals surface area contributed by atoms with Crippen LogP contribution in [0.5, 0.6) is 0 Å². The summed E-state index contributed by atoms with van der Waals surface area (Å²) in [5.74, 6) is -0.414. The van der Waals surface area contributed by atoms with E-state index in [-0.39, 0.29) is 18.3 Å². The van der Waals surface area contributed by atoms with Crippen LogP contribution >= 0.6 is 0 Å². The number of likely N-dealkylation sites (tertiary alicyclic amines) is 1. The van der Waals surface area contributed by atoms with Gasteiger partial charge in [-0.2, -0.15) is 0 Å². The van der Waals surface area contributed by atoms with Gasteiger partial charge in [0.25, 0.3) is 0 Å². The topological polar surface area (TPSA) is 50.2 Å². The van der Waals surface area contributed by atoms with Gasteiger partial charge < -0.3 is 9.88 Å². The second kappa shape index (κ2) is 7.88. The summed E-state index contributed by atoms with van der Waals surface area (Å²) >= 11 is 0. The van der Waals surface area contributed by atoms with E-state index in [9.17, 15) is 9.18 Å². The van der Waals surface area contributed by atoms with E-state index in [0.717, 1.165) is 36.2 Å². The van der Waals surface area contributed by atoms with E-state index in [1.807, 2.05) is 22.8 Å². The van der Waals surface area contributed by atoms with Crippen molar-refractivity contribution >= 4 is 22.5 Å². The molecule has 1 amide bonds. The molecule has 0 aliphatic carbocycles. The monoisotopic (exact) mass is 366 g/mol. The largest absolute Gasteiger partial charge is 0.338 e. The van der Waals surface area contributed by atoms with Gasteiger partial charge >= 0.3 is 0 Å². The molecule has 3 aromatic rings. The molecule has 3 heterocycles. The minimum absolute atomic E-state index is 0.137. The van der Waals surface area contributed by atoms with Gasteiger partial charge in [0.2, 0.25) is 5.91 Å². The van der Waals surface area contributed by atoms with Gasteiger partial charge in [-0.3, -0.25) is 14.7 Å². The predicted octanol–water partition coefficient (Wildman–Crippen LogP) is 3.80. The molecular weight excluding hydrogens is 343 g/mol. The van der Waals surface area contributed by atoms with Crippen LogP contribution in [0.1, 0.15) is 25.0 Å². The van der Waals surface area contributed by atoms with Crippen molar-refractivity contribution < 1.29 is 9.18 Å². The van der Waals surface area contributed by atoms with Gasteiger partial charge in [-0.15, -0.1) is 0 Å². The smallest absolute Gasteiger partial charge is 0.244 e. The first-order valence-corrected chi connectivity index (χ1v) is 9.39. The fraction of sp³-hybridized carbons (Fsp3) is 0.333. The lowest BCUT2D eigenvalue weighted by molar-refractivity contribution is -0.116. The zero-order valence-electron chi connectivity index (χ0n) is 15.2. The third kappa shape index (κ3) is 4.34. The fourth-order valence-corrected chi connectivity index (χ4v) is 3.60. The van der Waals surface area contributed by atoms with E-state index < -0.39 is 0 Å². The summed E-state index contributed by atoms with van der Waals surface area (Å²) in [6, 6.07) is 10.2. The van der Waals surface area contributed by atoms with Gasteiger partial charge in [0.05, 0.1) is 17.6 Å². The summed E-state index contributed by atoms with van der Waals surface area (Å²) in [6.07, 6.45) is 7.34. The number of pyridine rings is 1. The van der Waals surface area contributed by atoms with E-state index >= 15 is 0 Å². The SMILES string of the molecule is O=C(Cn1ccc2cc(F)ccc21)Nc1ccc(CN2CCCCC2)nc1. The Balaban J connectivity index is 1.36. The number of rotatable bonds is 5. The number of hydrogen-bond acceptors (Lipinski definition) is 3. The molecule has 0 unspecified atom stereocenters. The lowest BCUT2D eigenvalue weighted by Gasteiger charge is -2.25. The van der Waals surface area contributed by atoms with Gasteiger partial charge in [-0.25, -0.2) is 4.39 Å². The third-order valence-electron chi connectivity index (χ3n) is 4.99. The lowest BCUT2D eigenvalue weighted by atomic mass is 10.1. The molecule has 0 saturated carbocycles. The van der Waals surface area contributed by atoms with Crippen molar-refractivity contribution in [3.8, 4) is 0 Å². The lowest BCUT2D eigenvalue weighted by Crippen LogP contribution is -2.29. The zero-order chi connectivity index (χ0) is 18.6. The second-order valence-corrected chi connectivity index (χ2v) is 7.07. The minimum atomic E-state index is -0.277. The zero-order valence-corrected chi connectivity index (χ0v) is 15.2. The Labute approximate surface area is 157 Å². The van der Waals surface area contributed by atoms with Crippen LogP contribution < -0.4 is 5.32 Å². The molecule has 0 spiro atoms. The Morgan fingerprint density at radius 2 is 1.96 bits per heavy atom. The quantitative estimate of drug-likeness (QED) is 0.747. The molecule has 4 rings (SSSR count). The van der Waals surface area contributed by atoms with E-state index in [2.05, 4.69) is 15.2 Å². The normalized spacial score (nSPS) is 15.1. The molecule has 1 aromatic carbocycles. The molecule has 140 valence electrons. The van der Waals surface area contributed by atoms with Crippen molar-refractivity contribution in [3.05, 3.63) is 60.3 Å². The molecule has 6 heteroatoms. The Morgan fingerprint density at radius 1 is 1.11 bits per heavy atom. The van der Waals surface area contributed by atoms with Crippen molar-refractivity contribution in [1.82, 2.24) is 14.5 Å². The minimum Gasteiger partial charge on any atom is -0.338 e. The maximum Gasteiger partial charge on any atom is 0.244 e. The van der Waals surface area contributed by atoms with Crippen molar-refractivity contribution in [2.75, 3.05) is 18.4 Å². The van der Waals surface area contributed by atoms with Crippen LogP contribution in [-0.4, -0.2) is 33.4 Å². The van der Waals surface area contributed by atoms with E-state index in [0.29, 0.717) is 5.69 Å². The highest BCUT2D eigenvalue weighted by Crippen LogP contribution is 2.17. The van der Waals surface area contributed by atoms with Crippen LogP contribution in [0.3, 0.4) is 0 Å². The second-order valence-electron chi connectivity index (χ2n) is 7.07. The molecule has 27 heavy (non-hydrogen) atoms. The van der Waals surface area contributed by atoms with Gasteiger partial charge in [-0.1, -0.05) is 6.42 Å². The number of nitrogens with one attached hydrogen (secondary N) is 1. The molecule has 2 aromatic heterocycles. The van der Waals surface area contributed by atoms with Crippen LogP contribution in [0.15, 0.2) is 48.8 Å². The number of halogens is 1. The highest BCUT2D eigenvalue weighted by atomic mass is 19.1. The number of piperidine rings is 1. The molecule has 1 aliphatic rings. The molecule has 5 nitrogen and oxygen atoms in total. The number of nitrogens with zero attached hydrogens (tertiary/aromatic N) is 3. The van der Waals surface area contributed by atoms with Gasteiger partial charge in [0, 0.05) is 23.6 Å². The maximum absolute atomic E-state index is 13.3. The number of amides is 1. The first-order valence-electron chi connectivity index (χ1n) is 9.39. The highest BCUT2D eigenvalue weighted by molar-refractivity contribution is 5.91. The summed E-state index contributed by atoms with van der Waals surface area (Å²) in [5, 5.41) is 3.66. The average Bonchev–Trinajstić information content (AvgIpc) is 3.06. The summed E-state index contributed by atoms with van der Waals surface area (Å²) in [7, 11) is 0. The van der Waals surface area contributed by atoms with Crippen LogP contribution in [0.4, 0.5) is 10.1 Å². The maximum atomic E-state index is 13.3. The highest BCUT2D eigenvalue weighted by Gasteiger charge is 2.11. The number of hydrogen-bond donors (Lipinski definition) is 1. The van der Waals surface area contributed by atoms with Gasteiger partial charge in [0.15, 0.2) is 0 Å². The molecule has 0 radical (unpaired) electrons. The van der Waals surface area contributed by atoms with Crippen molar-refractivity contribution in [2.45, 2.75) is 32.4 Å². The summed E-state index contributed by atoms with van der Waals surface area (Å²) in [4.78, 5) is 19.2. The van der Waals surface area contributed by atoms with E-state index in [1.165, 1.54) is 31.4 Å². The molecule has 1 N–H and O–H groups in total. The number of fused-ring (bicyclic) bond motifs is 1. The molecule has 1 fully saturated rings. The van der Waals surface area contributed by atoms with Crippen LogP contribution in [0.25, 0.3) is 10.9 Å². The number of benzene rings is 1. The molecular formula is C21H23FN4O. The third-order valence-corrected chi connectivity index (χ3v) is 4.99. The summed E-state index contributed by atoms with van der Waals surface area (Å²) < 4.78 is 15.1. The van der Waals surface area contributed by atoms with Gasteiger partial charge in [0.1, 0.15) is 12.4 Å². The molecule has 1 saturated heterocycles. The fourth-order valence-electron chi connectivity index (χ4n) is 3.60.